The molecule has 1 saturated carbocycles. The number of carbonyl (C=O) groups excluding carboxylic acids is 1. The number of piperidine rings is 1. The molecule has 4 heterocycles. The molecular formula is C22H28N6O3S2. The van der Waals surface area contributed by atoms with E-state index in [0.29, 0.717) is 31.9 Å². The first-order valence-electron chi connectivity index (χ1n) is 11.1. The van der Waals surface area contributed by atoms with Crippen LogP contribution in [-0.2, 0) is 15.4 Å². The molecule has 0 unspecified atom stereocenters. The second-order valence-corrected chi connectivity index (χ2v) is 12.3. The molecule has 3 aliphatic rings. The fourth-order valence-electron chi connectivity index (χ4n) is 4.81. The molecular weight excluding hydrogens is 460 g/mol. The zero-order valence-corrected chi connectivity index (χ0v) is 20.7. The molecule has 2 fully saturated rings. The lowest BCUT2D eigenvalue weighted by Gasteiger charge is -2.30. The molecule has 2 aliphatic heterocycles. The molecule has 0 bridgehead atoms. The molecule has 33 heavy (non-hydrogen) atoms. The Hall–Kier alpha value is -2.37. The van der Waals surface area contributed by atoms with Gasteiger partial charge in [-0.3, -0.25) is 9.79 Å². The van der Waals surface area contributed by atoms with Crippen LogP contribution in [0.25, 0.3) is 10.6 Å². The molecule has 0 aromatic carbocycles. The maximum absolute atomic E-state index is 12.8. The predicted molar refractivity (Wildman–Crippen MR) is 130 cm³/mol. The van der Waals surface area contributed by atoms with Crippen LogP contribution in [0, 0.1) is 0 Å². The number of hydrogen-bond acceptors (Lipinski definition) is 8. The normalized spacial score (nSPS) is 21.1. The van der Waals surface area contributed by atoms with Crippen LogP contribution in [0.15, 0.2) is 17.3 Å². The van der Waals surface area contributed by atoms with Crippen molar-refractivity contribution in [2.45, 2.75) is 37.1 Å². The lowest BCUT2D eigenvalue weighted by atomic mass is 9.95. The molecule has 176 valence electrons. The van der Waals surface area contributed by atoms with Crippen LogP contribution in [0.5, 0.6) is 0 Å². The van der Waals surface area contributed by atoms with Crippen molar-refractivity contribution in [3.8, 4) is 10.6 Å². The smallest absolute Gasteiger partial charge is 0.254 e. The van der Waals surface area contributed by atoms with Gasteiger partial charge < -0.3 is 10.2 Å². The summed E-state index contributed by atoms with van der Waals surface area (Å²) >= 11 is 1.66. The highest BCUT2D eigenvalue weighted by atomic mass is 32.2. The minimum Gasteiger partial charge on any atom is -0.351 e. The first-order valence-corrected chi connectivity index (χ1v) is 13.8. The number of carbonyl (C=O) groups is 1. The number of hydrogen-bond donors (Lipinski definition) is 1. The SMILES string of the molecule is CN=Cc1cnc(NC2CCN(S(C)(=O)=O)CC2)nc1-c1cc2c(s1)C1(CC1)CN(C)C2=O. The Kier molecular flexibility index (Phi) is 5.53. The number of likely N-dealkylation sites (N-methyl/N-ethyl adjacent to an activating group) is 1. The van der Waals surface area contributed by atoms with Crippen LogP contribution in [-0.4, -0.2) is 85.7 Å². The van der Waals surface area contributed by atoms with E-state index in [1.165, 1.54) is 15.4 Å². The quantitative estimate of drug-likeness (QED) is 0.647. The van der Waals surface area contributed by atoms with Crippen LogP contribution >= 0.6 is 11.3 Å². The fraction of sp³-hybridized carbons (Fsp3) is 0.545. The van der Waals surface area contributed by atoms with Crippen molar-refractivity contribution in [1.29, 1.82) is 0 Å². The monoisotopic (exact) mass is 488 g/mol. The van der Waals surface area contributed by atoms with Crippen LogP contribution in [0.1, 0.15) is 46.5 Å². The lowest BCUT2D eigenvalue weighted by Crippen LogP contribution is -2.42. The minimum absolute atomic E-state index is 0.0702. The first-order chi connectivity index (χ1) is 15.7. The molecule has 1 spiro atoms. The van der Waals surface area contributed by atoms with E-state index in [4.69, 9.17) is 4.98 Å². The fourth-order valence-corrected chi connectivity index (χ4v) is 7.08. The van der Waals surface area contributed by atoms with E-state index < -0.39 is 10.0 Å². The predicted octanol–water partition coefficient (Wildman–Crippen LogP) is 2.21. The van der Waals surface area contributed by atoms with Crippen molar-refractivity contribution in [1.82, 2.24) is 19.2 Å². The highest BCUT2D eigenvalue weighted by Gasteiger charge is 2.52. The van der Waals surface area contributed by atoms with Crippen molar-refractivity contribution in [2.75, 3.05) is 45.3 Å². The molecule has 2 aromatic heterocycles. The van der Waals surface area contributed by atoms with Crippen molar-refractivity contribution < 1.29 is 13.2 Å². The summed E-state index contributed by atoms with van der Waals surface area (Å²) in [5, 5.41) is 3.38. The van der Waals surface area contributed by atoms with Crippen LogP contribution in [0.3, 0.4) is 0 Å². The number of rotatable bonds is 5. The number of thiophene rings is 1. The third-order valence-electron chi connectivity index (χ3n) is 6.76. The highest BCUT2D eigenvalue weighted by Crippen LogP contribution is 2.55. The minimum atomic E-state index is -3.16. The summed E-state index contributed by atoms with van der Waals surface area (Å²) in [7, 11) is 0.424. The molecule has 1 amide bonds. The summed E-state index contributed by atoms with van der Waals surface area (Å²) in [6, 6.07) is 2.07. The van der Waals surface area contributed by atoms with Gasteiger partial charge >= 0.3 is 0 Å². The average molecular weight is 489 g/mol. The topological polar surface area (TPSA) is 108 Å². The molecule has 9 nitrogen and oxygen atoms in total. The van der Waals surface area contributed by atoms with Gasteiger partial charge in [-0.05, 0) is 31.7 Å². The van der Waals surface area contributed by atoms with Crippen molar-refractivity contribution in [3.63, 3.8) is 0 Å². The van der Waals surface area contributed by atoms with E-state index in [1.807, 2.05) is 18.0 Å². The Labute approximate surface area is 198 Å². The van der Waals surface area contributed by atoms with Gasteiger partial charge in [0.2, 0.25) is 16.0 Å². The molecule has 0 radical (unpaired) electrons. The van der Waals surface area contributed by atoms with Crippen molar-refractivity contribution >= 4 is 39.4 Å². The van der Waals surface area contributed by atoms with Crippen LogP contribution in [0.4, 0.5) is 5.95 Å². The zero-order valence-electron chi connectivity index (χ0n) is 19.0. The molecule has 2 aromatic rings. The van der Waals surface area contributed by atoms with Crippen molar-refractivity contribution in [2.24, 2.45) is 4.99 Å². The molecule has 1 N–H and O–H groups in total. The Morgan fingerprint density at radius 3 is 2.67 bits per heavy atom. The second-order valence-electron chi connectivity index (χ2n) is 9.26. The van der Waals surface area contributed by atoms with E-state index >= 15 is 0 Å². The molecule has 1 saturated heterocycles. The Balaban J connectivity index is 1.43. The number of nitrogens with zero attached hydrogens (tertiary/aromatic N) is 5. The number of sulfonamides is 1. The van der Waals surface area contributed by atoms with Gasteiger partial charge in [0, 0.05) is 68.0 Å². The number of aliphatic imine (C=N–C) groups is 1. The first kappa shape index (κ1) is 22.4. The second kappa shape index (κ2) is 8.14. The van der Waals surface area contributed by atoms with Crippen molar-refractivity contribution in [3.05, 3.63) is 28.3 Å². The van der Waals surface area contributed by atoms with E-state index in [9.17, 15) is 13.2 Å². The lowest BCUT2D eigenvalue weighted by molar-refractivity contribution is 0.0760. The standard InChI is InChI=1S/C22H28N6O3S2/c1-23-11-14-12-24-21(25-15-4-8-28(9-5-15)33(3,30)31)26-18(14)17-10-16-19(32-17)22(6-7-22)13-27(2)20(16)29/h10-12,15H,4-9,13H2,1-3H3,(H,24,25,26). The van der Waals surface area contributed by atoms with Crippen LogP contribution in [0.2, 0.25) is 0 Å². The van der Waals surface area contributed by atoms with Gasteiger partial charge in [0.25, 0.3) is 5.91 Å². The Morgan fingerprint density at radius 1 is 1.30 bits per heavy atom. The average Bonchev–Trinajstić information content (AvgIpc) is 3.39. The van der Waals surface area contributed by atoms with Gasteiger partial charge in [-0.2, -0.15) is 0 Å². The summed E-state index contributed by atoms with van der Waals surface area (Å²) in [6.07, 6.45) is 8.36. The third-order valence-corrected chi connectivity index (χ3v) is 9.45. The number of anilines is 1. The highest BCUT2D eigenvalue weighted by molar-refractivity contribution is 7.88. The molecule has 11 heteroatoms. The van der Waals surface area contributed by atoms with E-state index in [1.54, 1.807) is 30.8 Å². The van der Waals surface area contributed by atoms with E-state index in [0.717, 1.165) is 41.1 Å². The maximum Gasteiger partial charge on any atom is 0.254 e. The largest absolute Gasteiger partial charge is 0.351 e. The van der Waals surface area contributed by atoms with Gasteiger partial charge in [-0.1, -0.05) is 0 Å². The van der Waals surface area contributed by atoms with Gasteiger partial charge in [0.15, 0.2) is 0 Å². The maximum atomic E-state index is 12.8. The van der Waals surface area contributed by atoms with Gasteiger partial charge in [-0.25, -0.2) is 22.7 Å². The zero-order chi connectivity index (χ0) is 23.4. The summed E-state index contributed by atoms with van der Waals surface area (Å²) in [5.74, 6) is 0.577. The summed E-state index contributed by atoms with van der Waals surface area (Å²) < 4.78 is 25.1. The van der Waals surface area contributed by atoms with Gasteiger partial charge in [0.1, 0.15) is 0 Å². The Morgan fingerprint density at radius 2 is 2.03 bits per heavy atom. The van der Waals surface area contributed by atoms with Crippen LogP contribution < -0.4 is 5.32 Å². The van der Waals surface area contributed by atoms with E-state index in [-0.39, 0.29) is 17.4 Å². The van der Waals surface area contributed by atoms with Gasteiger partial charge in [0.05, 0.1) is 22.4 Å². The molecule has 5 rings (SSSR count). The summed E-state index contributed by atoms with van der Waals surface area (Å²) in [5.41, 5.74) is 2.47. The van der Waals surface area contributed by atoms with Gasteiger partial charge in [-0.15, -0.1) is 11.3 Å². The number of fused-ring (bicyclic) bond motifs is 2. The Bertz CT molecular complexity index is 1230. The van der Waals surface area contributed by atoms with E-state index in [2.05, 4.69) is 15.3 Å². The summed E-state index contributed by atoms with van der Waals surface area (Å²) in [6.45, 7) is 1.75. The number of aromatic nitrogens is 2. The summed E-state index contributed by atoms with van der Waals surface area (Å²) in [4.78, 5) is 30.2. The number of amides is 1. The third kappa shape index (κ3) is 4.17. The molecule has 0 atom stereocenters. The number of nitrogens with one attached hydrogen (secondary N) is 1. The molecule has 1 aliphatic carbocycles.